The van der Waals surface area contributed by atoms with E-state index in [1.54, 1.807) is 0 Å². The summed E-state index contributed by atoms with van der Waals surface area (Å²) >= 11 is 0. The summed E-state index contributed by atoms with van der Waals surface area (Å²) in [6.07, 6.45) is 3.26. The minimum atomic E-state index is 0.127. The number of carbonyl (C=O) groups is 2. The lowest BCUT2D eigenvalue weighted by Gasteiger charge is -2.38. The molecule has 0 radical (unpaired) electrons. The van der Waals surface area contributed by atoms with Crippen molar-refractivity contribution in [1.29, 1.82) is 0 Å². The van der Waals surface area contributed by atoms with Crippen LogP contribution in [0, 0.1) is 11.8 Å². The van der Waals surface area contributed by atoms with Gasteiger partial charge >= 0.3 is 0 Å². The van der Waals surface area contributed by atoms with Gasteiger partial charge in [0.15, 0.2) is 0 Å². The number of hydrogen-bond acceptors (Lipinski definition) is 3. The van der Waals surface area contributed by atoms with E-state index in [1.807, 2.05) is 18.7 Å². The van der Waals surface area contributed by atoms with E-state index in [-0.39, 0.29) is 23.8 Å². The number of carbonyl (C=O) groups excluding carboxylic acids is 2. The standard InChI is InChI=1S/C15H27N3O2/c1-3-4-14(19)17-13-5-7-18(8-6-13)15(20)11(2)12-9-16-10-12/h11-13,16H,3-10H2,1-2H3,(H,17,19). The molecule has 0 aliphatic carbocycles. The van der Waals surface area contributed by atoms with Crippen LogP contribution in [-0.4, -0.2) is 48.9 Å². The van der Waals surface area contributed by atoms with Gasteiger partial charge in [-0.3, -0.25) is 9.59 Å². The van der Waals surface area contributed by atoms with Crippen molar-refractivity contribution in [2.45, 2.75) is 45.6 Å². The largest absolute Gasteiger partial charge is 0.353 e. The highest BCUT2D eigenvalue weighted by atomic mass is 16.2. The first-order valence-corrected chi connectivity index (χ1v) is 7.90. The second kappa shape index (κ2) is 7.07. The normalized spacial score (nSPS) is 22.2. The number of piperidine rings is 1. The van der Waals surface area contributed by atoms with E-state index in [4.69, 9.17) is 0 Å². The van der Waals surface area contributed by atoms with Crippen LogP contribution in [0.5, 0.6) is 0 Å². The Morgan fingerprint density at radius 1 is 1.30 bits per heavy atom. The van der Waals surface area contributed by atoms with Gasteiger partial charge in [0.25, 0.3) is 0 Å². The Balaban J connectivity index is 1.73. The van der Waals surface area contributed by atoms with Gasteiger partial charge in [-0.05, 0) is 38.3 Å². The average Bonchev–Trinajstić information content (AvgIpc) is 2.37. The predicted molar refractivity (Wildman–Crippen MR) is 78.2 cm³/mol. The van der Waals surface area contributed by atoms with Gasteiger partial charge in [0.05, 0.1) is 0 Å². The summed E-state index contributed by atoms with van der Waals surface area (Å²) in [4.78, 5) is 25.9. The molecular formula is C15H27N3O2. The van der Waals surface area contributed by atoms with Crippen LogP contribution in [-0.2, 0) is 9.59 Å². The molecule has 2 aliphatic heterocycles. The molecule has 2 aliphatic rings. The first-order chi connectivity index (χ1) is 9.61. The average molecular weight is 281 g/mol. The van der Waals surface area contributed by atoms with E-state index in [9.17, 15) is 9.59 Å². The highest BCUT2D eigenvalue weighted by Crippen LogP contribution is 2.21. The van der Waals surface area contributed by atoms with Crippen molar-refractivity contribution in [2.24, 2.45) is 11.8 Å². The molecule has 20 heavy (non-hydrogen) atoms. The van der Waals surface area contributed by atoms with Crippen molar-refractivity contribution in [1.82, 2.24) is 15.5 Å². The van der Waals surface area contributed by atoms with Gasteiger partial charge in [-0.25, -0.2) is 0 Å². The minimum Gasteiger partial charge on any atom is -0.353 e. The van der Waals surface area contributed by atoms with E-state index >= 15 is 0 Å². The Morgan fingerprint density at radius 3 is 2.45 bits per heavy atom. The zero-order valence-electron chi connectivity index (χ0n) is 12.7. The summed E-state index contributed by atoms with van der Waals surface area (Å²) in [5.74, 6) is 1.06. The SMILES string of the molecule is CCCC(=O)NC1CCN(C(=O)C(C)C2CNC2)CC1. The maximum atomic E-state index is 12.4. The van der Waals surface area contributed by atoms with Crippen molar-refractivity contribution in [3.63, 3.8) is 0 Å². The van der Waals surface area contributed by atoms with E-state index in [2.05, 4.69) is 10.6 Å². The van der Waals surface area contributed by atoms with E-state index in [0.717, 1.165) is 45.4 Å². The molecular weight excluding hydrogens is 254 g/mol. The molecule has 0 aromatic rings. The van der Waals surface area contributed by atoms with E-state index in [0.29, 0.717) is 12.3 Å². The van der Waals surface area contributed by atoms with E-state index < -0.39 is 0 Å². The third kappa shape index (κ3) is 3.72. The summed E-state index contributed by atoms with van der Waals surface area (Å²) in [6.45, 7) is 7.55. The fourth-order valence-electron chi connectivity index (χ4n) is 2.93. The molecule has 5 heteroatoms. The molecule has 0 bridgehead atoms. The van der Waals surface area contributed by atoms with Crippen molar-refractivity contribution >= 4 is 11.8 Å². The summed E-state index contributed by atoms with van der Waals surface area (Å²) in [5.41, 5.74) is 0. The number of nitrogens with zero attached hydrogens (tertiary/aromatic N) is 1. The van der Waals surface area contributed by atoms with Crippen LogP contribution < -0.4 is 10.6 Å². The molecule has 0 saturated carbocycles. The fraction of sp³-hybridized carbons (Fsp3) is 0.867. The summed E-state index contributed by atoms with van der Waals surface area (Å²) in [6, 6.07) is 0.249. The third-order valence-electron chi connectivity index (χ3n) is 4.56. The Hall–Kier alpha value is -1.10. The Kier molecular flexibility index (Phi) is 5.40. The maximum absolute atomic E-state index is 12.4. The van der Waals surface area contributed by atoms with Crippen LogP contribution in [0.25, 0.3) is 0 Å². The molecule has 1 atom stereocenters. The molecule has 0 aromatic carbocycles. The number of hydrogen-bond donors (Lipinski definition) is 2. The molecule has 2 N–H and O–H groups in total. The van der Waals surface area contributed by atoms with Crippen molar-refractivity contribution in [3.8, 4) is 0 Å². The Bertz CT molecular complexity index is 347. The van der Waals surface area contributed by atoms with Crippen LogP contribution in [0.1, 0.15) is 39.5 Å². The molecule has 2 rings (SSSR count). The first kappa shape index (κ1) is 15.3. The molecule has 114 valence electrons. The quantitative estimate of drug-likeness (QED) is 0.782. The number of rotatable bonds is 5. The summed E-state index contributed by atoms with van der Waals surface area (Å²) < 4.78 is 0. The Morgan fingerprint density at radius 2 is 1.95 bits per heavy atom. The van der Waals surface area contributed by atoms with Gasteiger partial charge in [-0.1, -0.05) is 13.8 Å². The van der Waals surface area contributed by atoms with Gasteiger partial charge in [0.1, 0.15) is 0 Å². The summed E-state index contributed by atoms with van der Waals surface area (Å²) in [7, 11) is 0. The summed E-state index contributed by atoms with van der Waals surface area (Å²) in [5, 5.41) is 6.29. The monoisotopic (exact) mass is 281 g/mol. The molecule has 2 fully saturated rings. The third-order valence-corrected chi connectivity index (χ3v) is 4.56. The van der Waals surface area contributed by atoms with Gasteiger partial charge in [-0.2, -0.15) is 0 Å². The van der Waals surface area contributed by atoms with Crippen LogP contribution >= 0.6 is 0 Å². The van der Waals surface area contributed by atoms with Gasteiger partial charge in [0, 0.05) is 31.5 Å². The zero-order valence-corrected chi connectivity index (χ0v) is 12.7. The van der Waals surface area contributed by atoms with Gasteiger partial charge in [-0.15, -0.1) is 0 Å². The molecule has 0 aromatic heterocycles. The van der Waals surface area contributed by atoms with Crippen LogP contribution in [0.4, 0.5) is 0 Å². The number of amides is 2. The maximum Gasteiger partial charge on any atom is 0.225 e. The lowest BCUT2D eigenvalue weighted by Crippen LogP contribution is -2.53. The topological polar surface area (TPSA) is 61.4 Å². The molecule has 0 spiro atoms. The molecule has 2 amide bonds. The second-order valence-corrected chi connectivity index (χ2v) is 6.12. The highest BCUT2D eigenvalue weighted by Gasteiger charge is 2.33. The van der Waals surface area contributed by atoms with E-state index in [1.165, 1.54) is 0 Å². The van der Waals surface area contributed by atoms with Crippen LogP contribution in [0.15, 0.2) is 0 Å². The smallest absolute Gasteiger partial charge is 0.225 e. The molecule has 1 unspecified atom stereocenters. The lowest BCUT2D eigenvalue weighted by atomic mass is 9.87. The highest BCUT2D eigenvalue weighted by molar-refractivity contribution is 5.79. The zero-order chi connectivity index (χ0) is 14.5. The van der Waals surface area contributed by atoms with Crippen molar-refractivity contribution in [2.75, 3.05) is 26.2 Å². The second-order valence-electron chi connectivity index (χ2n) is 6.12. The van der Waals surface area contributed by atoms with Gasteiger partial charge < -0.3 is 15.5 Å². The van der Waals surface area contributed by atoms with Crippen LogP contribution in [0.2, 0.25) is 0 Å². The van der Waals surface area contributed by atoms with Crippen molar-refractivity contribution < 1.29 is 9.59 Å². The predicted octanol–water partition coefficient (Wildman–Crippen LogP) is 0.749. The number of nitrogens with one attached hydrogen (secondary N) is 2. The Labute approximate surface area is 121 Å². The van der Waals surface area contributed by atoms with Crippen molar-refractivity contribution in [3.05, 3.63) is 0 Å². The lowest BCUT2D eigenvalue weighted by molar-refractivity contribution is -0.138. The molecule has 2 saturated heterocycles. The molecule has 5 nitrogen and oxygen atoms in total. The number of likely N-dealkylation sites (tertiary alicyclic amines) is 1. The first-order valence-electron chi connectivity index (χ1n) is 7.90. The molecule has 2 heterocycles. The fourth-order valence-corrected chi connectivity index (χ4v) is 2.93. The van der Waals surface area contributed by atoms with Crippen LogP contribution in [0.3, 0.4) is 0 Å². The minimum absolute atomic E-state index is 0.127. The van der Waals surface area contributed by atoms with Gasteiger partial charge in [0.2, 0.25) is 11.8 Å².